The lowest BCUT2D eigenvalue weighted by Gasteiger charge is -2.18. The van der Waals surface area contributed by atoms with Crippen molar-refractivity contribution >= 4 is 40.7 Å². The number of nitro benzene ring substituents is 1. The molecule has 1 rings (SSSR count). The fourth-order valence-corrected chi connectivity index (χ4v) is 1.98. The number of carbonyl (C=O) groups excluding carboxylic acids is 2. The van der Waals surface area contributed by atoms with E-state index in [-0.39, 0.29) is 27.2 Å². The number of nitro groups is 1. The highest BCUT2D eigenvalue weighted by Gasteiger charge is 2.23. The molecule has 1 N–H and O–H groups in total. The van der Waals surface area contributed by atoms with Crippen molar-refractivity contribution in [1.29, 1.82) is 0 Å². The lowest BCUT2D eigenvalue weighted by atomic mass is 10.1. The first-order valence-corrected chi connectivity index (χ1v) is 6.56. The van der Waals surface area contributed by atoms with Crippen molar-refractivity contribution in [3.05, 3.63) is 37.9 Å². The highest BCUT2D eigenvalue weighted by molar-refractivity contribution is 6.44. The van der Waals surface area contributed by atoms with Gasteiger partial charge in [0.15, 0.2) is 0 Å². The number of nitrogens with zero attached hydrogens (tertiary/aromatic N) is 2. The van der Waals surface area contributed by atoms with Crippen LogP contribution in [0, 0.1) is 10.1 Å². The van der Waals surface area contributed by atoms with Gasteiger partial charge in [0.05, 0.1) is 20.5 Å². The highest BCUT2D eigenvalue weighted by atomic mass is 35.5. The molecule has 114 valence electrons. The van der Waals surface area contributed by atoms with Gasteiger partial charge in [-0.15, -0.1) is 0 Å². The van der Waals surface area contributed by atoms with E-state index in [0.29, 0.717) is 0 Å². The molecule has 7 nitrogen and oxygen atoms in total. The number of halogens is 2. The Bertz CT molecular complexity index is 604. The first kappa shape index (κ1) is 17.2. The average Bonchev–Trinajstić information content (AvgIpc) is 2.39. The second-order valence-electron chi connectivity index (χ2n) is 4.47. The van der Waals surface area contributed by atoms with E-state index in [1.807, 2.05) is 0 Å². The van der Waals surface area contributed by atoms with Gasteiger partial charge < -0.3 is 10.2 Å². The molecule has 0 fully saturated rings. The number of amides is 2. The van der Waals surface area contributed by atoms with E-state index in [4.69, 9.17) is 23.2 Å². The molecule has 9 heteroatoms. The molecule has 0 spiro atoms. The summed E-state index contributed by atoms with van der Waals surface area (Å²) in [6, 6.07) is 1.26. The monoisotopic (exact) mass is 333 g/mol. The fourth-order valence-electron chi connectivity index (χ4n) is 1.57. The van der Waals surface area contributed by atoms with Gasteiger partial charge in [0, 0.05) is 26.2 Å². The molecule has 1 unspecified atom stereocenters. The lowest BCUT2D eigenvalue weighted by Crippen LogP contribution is -2.44. The Morgan fingerprint density at radius 1 is 1.33 bits per heavy atom. The molecule has 1 aromatic carbocycles. The number of rotatable bonds is 4. The summed E-state index contributed by atoms with van der Waals surface area (Å²) in [5, 5.41) is 13.0. The Hall–Kier alpha value is -1.86. The fraction of sp³-hybridized carbons (Fsp3) is 0.333. The summed E-state index contributed by atoms with van der Waals surface area (Å²) in [4.78, 5) is 35.2. The molecular formula is C12H13Cl2N3O4. The highest BCUT2D eigenvalue weighted by Crippen LogP contribution is 2.30. The molecule has 0 aliphatic heterocycles. The van der Waals surface area contributed by atoms with Gasteiger partial charge in [-0.1, -0.05) is 23.2 Å². The maximum absolute atomic E-state index is 12.1. The van der Waals surface area contributed by atoms with Crippen molar-refractivity contribution in [3.63, 3.8) is 0 Å². The van der Waals surface area contributed by atoms with Gasteiger partial charge in [-0.2, -0.15) is 0 Å². The molecule has 21 heavy (non-hydrogen) atoms. The quantitative estimate of drug-likeness (QED) is 0.674. The largest absolute Gasteiger partial charge is 0.347 e. The third-order valence-corrected chi connectivity index (χ3v) is 3.43. The van der Waals surface area contributed by atoms with Crippen LogP contribution in [0.1, 0.15) is 17.3 Å². The van der Waals surface area contributed by atoms with Crippen LogP contribution in [0.25, 0.3) is 0 Å². The van der Waals surface area contributed by atoms with Crippen LogP contribution in [-0.4, -0.2) is 41.8 Å². The minimum atomic E-state index is -0.804. The third-order valence-electron chi connectivity index (χ3n) is 2.63. The van der Waals surface area contributed by atoms with Gasteiger partial charge in [0.1, 0.15) is 6.04 Å². The molecular weight excluding hydrogens is 321 g/mol. The Morgan fingerprint density at radius 3 is 2.38 bits per heavy atom. The van der Waals surface area contributed by atoms with Gasteiger partial charge in [-0.05, 0) is 6.92 Å². The van der Waals surface area contributed by atoms with Crippen LogP contribution in [0.2, 0.25) is 10.0 Å². The zero-order chi connectivity index (χ0) is 16.3. The summed E-state index contributed by atoms with van der Waals surface area (Å²) < 4.78 is 0. The van der Waals surface area contributed by atoms with E-state index in [1.54, 1.807) is 14.1 Å². The van der Waals surface area contributed by atoms with E-state index in [1.165, 1.54) is 11.8 Å². The maximum Gasteiger partial charge on any atom is 0.271 e. The van der Waals surface area contributed by atoms with Crippen LogP contribution >= 0.6 is 23.2 Å². The van der Waals surface area contributed by atoms with Crippen molar-refractivity contribution in [2.45, 2.75) is 13.0 Å². The average molecular weight is 334 g/mol. The zero-order valence-corrected chi connectivity index (χ0v) is 13.0. The second-order valence-corrected chi connectivity index (χ2v) is 5.26. The topological polar surface area (TPSA) is 92.5 Å². The van der Waals surface area contributed by atoms with Crippen LogP contribution < -0.4 is 5.32 Å². The van der Waals surface area contributed by atoms with Gasteiger partial charge in [-0.25, -0.2) is 0 Å². The SMILES string of the molecule is CC(NC(=O)c1cc([N+](=O)[O-])cc(Cl)c1Cl)C(=O)N(C)C. The number of benzene rings is 1. The second kappa shape index (κ2) is 6.73. The summed E-state index contributed by atoms with van der Waals surface area (Å²) >= 11 is 11.6. The number of nitrogens with one attached hydrogen (secondary N) is 1. The molecule has 0 saturated heterocycles. The normalized spacial score (nSPS) is 11.7. The lowest BCUT2D eigenvalue weighted by molar-refractivity contribution is -0.384. The molecule has 0 aliphatic carbocycles. The Kier molecular flexibility index (Phi) is 5.51. The van der Waals surface area contributed by atoms with E-state index < -0.39 is 16.9 Å². The molecule has 0 aliphatic rings. The molecule has 0 aromatic heterocycles. The Balaban J connectivity index is 3.07. The van der Waals surface area contributed by atoms with Crippen molar-refractivity contribution in [2.24, 2.45) is 0 Å². The first-order valence-electron chi connectivity index (χ1n) is 5.80. The molecule has 0 radical (unpaired) electrons. The number of non-ortho nitro benzene ring substituents is 1. The smallest absolute Gasteiger partial charge is 0.271 e. The standard InChI is InChI=1S/C12H13Cl2N3O4/c1-6(12(19)16(2)3)15-11(18)8-4-7(17(20)21)5-9(13)10(8)14/h4-6H,1-3H3,(H,15,18). The minimum Gasteiger partial charge on any atom is -0.347 e. The van der Waals surface area contributed by atoms with Crippen molar-refractivity contribution in [3.8, 4) is 0 Å². The van der Waals surface area contributed by atoms with Crippen LogP contribution in [-0.2, 0) is 4.79 Å². The van der Waals surface area contributed by atoms with Crippen LogP contribution in [0.3, 0.4) is 0 Å². The zero-order valence-electron chi connectivity index (χ0n) is 11.5. The van der Waals surface area contributed by atoms with Gasteiger partial charge in [-0.3, -0.25) is 19.7 Å². The van der Waals surface area contributed by atoms with Crippen LogP contribution in [0.5, 0.6) is 0 Å². The van der Waals surface area contributed by atoms with Crippen LogP contribution in [0.4, 0.5) is 5.69 Å². The minimum absolute atomic E-state index is 0.107. The van der Waals surface area contributed by atoms with E-state index >= 15 is 0 Å². The number of likely N-dealkylation sites (N-methyl/N-ethyl adjacent to an activating group) is 1. The Labute approximate surface area is 131 Å². The summed E-state index contributed by atoms with van der Waals surface area (Å²) in [6.45, 7) is 1.49. The predicted octanol–water partition coefficient (Wildman–Crippen LogP) is 2.11. The maximum atomic E-state index is 12.1. The molecule has 0 heterocycles. The first-order chi connectivity index (χ1) is 9.65. The van der Waals surface area contributed by atoms with Crippen molar-refractivity contribution in [1.82, 2.24) is 10.2 Å². The number of hydrogen-bond acceptors (Lipinski definition) is 4. The summed E-state index contributed by atoms with van der Waals surface area (Å²) in [7, 11) is 3.09. The molecule has 0 saturated carbocycles. The summed E-state index contributed by atoms with van der Waals surface area (Å²) in [5.41, 5.74) is -0.518. The Morgan fingerprint density at radius 2 is 1.90 bits per heavy atom. The summed E-state index contributed by atoms with van der Waals surface area (Å²) in [6.07, 6.45) is 0. The van der Waals surface area contributed by atoms with Gasteiger partial charge >= 0.3 is 0 Å². The van der Waals surface area contributed by atoms with Gasteiger partial charge in [0.25, 0.3) is 11.6 Å². The van der Waals surface area contributed by atoms with Gasteiger partial charge in [0.2, 0.25) is 5.91 Å². The third kappa shape index (κ3) is 4.05. The van der Waals surface area contributed by atoms with E-state index in [2.05, 4.69) is 5.32 Å². The molecule has 1 atom stereocenters. The predicted molar refractivity (Wildman–Crippen MR) is 78.7 cm³/mol. The summed E-state index contributed by atoms with van der Waals surface area (Å²) in [5.74, 6) is -1.04. The molecule has 1 aromatic rings. The van der Waals surface area contributed by atoms with E-state index in [0.717, 1.165) is 12.1 Å². The number of hydrogen-bond donors (Lipinski definition) is 1. The van der Waals surface area contributed by atoms with Crippen LogP contribution in [0.15, 0.2) is 12.1 Å². The number of carbonyl (C=O) groups is 2. The molecule has 2 amide bonds. The van der Waals surface area contributed by atoms with E-state index in [9.17, 15) is 19.7 Å². The molecule has 0 bridgehead atoms. The van der Waals surface area contributed by atoms with Crippen molar-refractivity contribution in [2.75, 3.05) is 14.1 Å². The van der Waals surface area contributed by atoms with Crippen molar-refractivity contribution < 1.29 is 14.5 Å².